The molecule has 1 unspecified atom stereocenters. The van der Waals surface area contributed by atoms with Crippen molar-refractivity contribution in [1.29, 1.82) is 0 Å². The summed E-state index contributed by atoms with van der Waals surface area (Å²) in [7, 11) is 0. The second-order valence-electron chi connectivity index (χ2n) is 5.39. The molecule has 0 spiro atoms. The van der Waals surface area contributed by atoms with Crippen molar-refractivity contribution in [3.05, 3.63) is 44.3 Å². The highest BCUT2D eigenvalue weighted by molar-refractivity contribution is 7.10. The molecule has 0 saturated carbocycles. The van der Waals surface area contributed by atoms with E-state index in [9.17, 15) is 0 Å². The Bertz CT molecular complexity index is 518. The van der Waals surface area contributed by atoms with Crippen molar-refractivity contribution in [3.8, 4) is 0 Å². The van der Waals surface area contributed by atoms with Gasteiger partial charge >= 0.3 is 0 Å². The smallest absolute Gasteiger partial charge is 0.0331 e. The topological polar surface area (TPSA) is 15.3 Å². The van der Waals surface area contributed by atoms with Crippen molar-refractivity contribution in [2.45, 2.75) is 25.8 Å². The second-order valence-corrected chi connectivity index (χ2v) is 7.17. The van der Waals surface area contributed by atoms with Crippen LogP contribution in [-0.4, -0.2) is 31.1 Å². The van der Waals surface area contributed by atoms with Gasteiger partial charge in [0.05, 0.1) is 0 Å². The van der Waals surface area contributed by atoms with E-state index in [0.717, 1.165) is 26.1 Å². The summed E-state index contributed by atoms with van der Waals surface area (Å²) in [4.78, 5) is 4.20. The number of nitrogens with one attached hydrogen (secondary N) is 1. The SMILES string of the molecule is CC1c2ccsc2CCN1CCNCCc1ccsc1. The minimum atomic E-state index is 0.587. The fourth-order valence-electron chi connectivity index (χ4n) is 2.88. The van der Waals surface area contributed by atoms with Crippen molar-refractivity contribution in [2.24, 2.45) is 0 Å². The summed E-state index contributed by atoms with van der Waals surface area (Å²) in [6, 6.07) is 5.11. The summed E-state index contributed by atoms with van der Waals surface area (Å²) >= 11 is 3.71. The maximum absolute atomic E-state index is 3.57. The van der Waals surface area contributed by atoms with E-state index in [0.29, 0.717) is 6.04 Å². The van der Waals surface area contributed by atoms with Crippen LogP contribution in [0.25, 0.3) is 0 Å². The molecule has 0 amide bonds. The van der Waals surface area contributed by atoms with Crippen LogP contribution in [0.1, 0.15) is 29.0 Å². The minimum Gasteiger partial charge on any atom is -0.315 e. The molecule has 0 aliphatic carbocycles. The molecule has 0 aromatic carbocycles. The zero-order valence-corrected chi connectivity index (χ0v) is 13.6. The molecule has 0 fully saturated rings. The van der Waals surface area contributed by atoms with Crippen molar-refractivity contribution in [1.82, 2.24) is 10.2 Å². The summed E-state index contributed by atoms with van der Waals surface area (Å²) in [6.45, 7) is 6.88. The molecule has 0 saturated heterocycles. The molecule has 3 heterocycles. The maximum Gasteiger partial charge on any atom is 0.0331 e. The van der Waals surface area contributed by atoms with Gasteiger partial charge in [0, 0.05) is 30.6 Å². The number of nitrogens with zero attached hydrogens (tertiary/aromatic N) is 1. The third-order valence-electron chi connectivity index (χ3n) is 4.15. The number of hydrogen-bond donors (Lipinski definition) is 1. The van der Waals surface area contributed by atoms with Gasteiger partial charge in [-0.15, -0.1) is 11.3 Å². The Morgan fingerprint density at radius 3 is 3.10 bits per heavy atom. The lowest BCUT2D eigenvalue weighted by molar-refractivity contribution is 0.201. The fourth-order valence-corrected chi connectivity index (χ4v) is 4.55. The molecule has 2 aromatic heterocycles. The standard InChI is InChI=1S/C16H22N2S2/c1-13-15-5-11-20-16(15)3-8-18(13)9-7-17-6-2-14-4-10-19-12-14/h4-5,10-13,17H,2-3,6-9H2,1H3. The molecule has 1 N–H and O–H groups in total. The van der Waals surface area contributed by atoms with E-state index >= 15 is 0 Å². The van der Waals surface area contributed by atoms with Crippen LogP contribution in [0, 0.1) is 0 Å². The Labute approximate surface area is 129 Å². The largest absolute Gasteiger partial charge is 0.315 e. The Hall–Kier alpha value is -0.680. The van der Waals surface area contributed by atoms with E-state index in [2.05, 4.69) is 45.4 Å². The molecular weight excluding hydrogens is 284 g/mol. The summed E-state index contributed by atoms with van der Waals surface area (Å²) in [5, 5.41) is 10.2. The third-order valence-corrected chi connectivity index (χ3v) is 5.88. The molecule has 2 aromatic rings. The maximum atomic E-state index is 3.57. The number of thiophene rings is 2. The molecule has 0 bridgehead atoms. The van der Waals surface area contributed by atoms with Gasteiger partial charge < -0.3 is 5.32 Å². The number of fused-ring (bicyclic) bond motifs is 1. The highest BCUT2D eigenvalue weighted by atomic mass is 32.1. The molecule has 1 aliphatic rings. The lowest BCUT2D eigenvalue weighted by Crippen LogP contribution is -2.38. The van der Waals surface area contributed by atoms with Crippen molar-refractivity contribution >= 4 is 22.7 Å². The second kappa shape index (κ2) is 6.85. The van der Waals surface area contributed by atoms with Gasteiger partial charge in [0.2, 0.25) is 0 Å². The molecule has 108 valence electrons. The molecule has 1 atom stereocenters. The minimum absolute atomic E-state index is 0.587. The van der Waals surface area contributed by atoms with Gasteiger partial charge in [0.15, 0.2) is 0 Å². The van der Waals surface area contributed by atoms with E-state index < -0.39 is 0 Å². The molecule has 0 radical (unpaired) electrons. The van der Waals surface area contributed by atoms with Gasteiger partial charge in [-0.3, -0.25) is 4.90 Å². The van der Waals surface area contributed by atoms with Crippen molar-refractivity contribution < 1.29 is 0 Å². The lowest BCUT2D eigenvalue weighted by atomic mass is 10.0. The first-order valence-electron chi connectivity index (χ1n) is 7.36. The summed E-state index contributed by atoms with van der Waals surface area (Å²) < 4.78 is 0. The Morgan fingerprint density at radius 1 is 1.30 bits per heavy atom. The monoisotopic (exact) mass is 306 g/mol. The number of hydrogen-bond acceptors (Lipinski definition) is 4. The first kappa shape index (κ1) is 14.3. The highest BCUT2D eigenvalue weighted by Crippen LogP contribution is 2.32. The molecule has 2 nitrogen and oxygen atoms in total. The van der Waals surface area contributed by atoms with Crippen molar-refractivity contribution in [3.63, 3.8) is 0 Å². The fraction of sp³-hybridized carbons (Fsp3) is 0.500. The van der Waals surface area contributed by atoms with Crippen LogP contribution in [-0.2, 0) is 12.8 Å². The molecular formula is C16H22N2S2. The lowest BCUT2D eigenvalue weighted by Gasteiger charge is -2.33. The van der Waals surface area contributed by atoms with Gasteiger partial charge in [-0.2, -0.15) is 11.3 Å². The first-order valence-corrected chi connectivity index (χ1v) is 9.19. The van der Waals surface area contributed by atoms with Crippen LogP contribution in [0.2, 0.25) is 0 Å². The third kappa shape index (κ3) is 3.31. The van der Waals surface area contributed by atoms with Crippen LogP contribution in [0.5, 0.6) is 0 Å². The normalized spacial score (nSPS) is 19.1. The zero-order valence-electron chi connectivity index (χ0n) is 12.0. The molecule has 4 heteroatoms. The quantitative estimate of drug-likeness (QED) is 0.821. The van der Waals surface area contributed by atoms with E-state index in [4.69, 9.17) is 0 Å². The van der Waals surface area contributed by atoms with Gasteiger partial charge in [-0.05, 0) is 65.7 Å². The average molecular weight is 306 g/mol. The Balaban J connectivity index is 1.39. The van der Waals surface area contributed by atoms with Gasteiger partial charge in [0.1, 0.15) is 0 Å². The highest BCUT2D eigenvalue weighted by Gasteiger charge is 2.23. The van der Waals surface area contributed by atoms with Crippen LogP contribution >= 0.6 is 22.7 Å². The molecule has 20 heavy (non-hydrogen) atoms. The van der Waals surface area contributed by atoms with Crippen molar-refractivity contribution in [2.75, 3.05) is 26.2 Å². The average Bonchev–Trinajstić information content (AvgIpc) is 3.11. The first-order chi connectivity index (χ1) is 9.84. The predicted octanol–water partition coefficient (Wildman–Crippen LogP) is 3.56. The molecule has 3 rings (SSSR count). The molecule has 1 aliphatic heterocycles. The van der Waals surface area contributed by atoms with Crippen LogP contribution in [0.15, 0.2) is 28.3 Å². The Kier molecular flexibility index (Phi) is 4.89. The van der Waals surface area contributed by atoms with E-state index in [-0.39, 0.29) is 0 Å². The van der Waals surface area contributed by atoms with E-state index in [1.165, 1.54) is 18.5 Å². The van der Waals surface area contributed by atoms with Gasteiger partial charge in [-0.1, -0.05) is 0 Å². The van der Waals surface area contributed by atoms with Crippen LogP contribution in [0.3, 0.4) is 0 Å². The van der Waals surface area contributed by atoms with Crippen LogP contribution in [0.4, 0.5) is 0 Å². The van der Waals surface area contributed by atoms with E-state index in [1.807, 2.05) is 11.3 Å². The summed E-state index contributed by atoms with van der Waals surface area (Å²) in [5.74, 6) is 0. The van der Waals surface area contributed by atoms with Gasteiger partial charge in [-0.25, -0.2) is 0 Å². The van der Waals surface area contributed by atoms with E-state index in [1.54, 1.807) is 21.8 Å². The summed E-state index contributed by atoms with van der Waals surface area (Å²) in [5.41, 5.74) is 3.01. The Morgan fingerprint density at radius 2 is 2.25 bits per heavy atom. The zero-order chi connectivity index (χ0) is 13.8. The number of rotatable bonds is 6. The summed E-state index contributed by atoms with van der Waals surface area (Å²) in [6.07, 6.45) is 2.37. The van der Waals surface area contributed by atoms with Crippen LogP contribution < -0.4 is 5.32 Å². The van der Waals surface area contributed by atoms with Gasteiger partial charge in [0.25, 0.3) is 0 Å². The predicted molar refractivity (Wildman–Crippen MR) is 88.9 cm³/mol.